The minimum absolute atomic E-state index is 0. The first-order chi connectivity index (χ1) is 11.9. The van der Waals surface area contributed by atoms with Crippen molar-refractivity contribution < 1.29 is 31.1 Å². The Kier molecular flexibility index (Phi) is 11.3. The maximum absolute atomic E-state index is 3.47. The average molecular weight is 551 g/mol. The molecule has 0 fully saturated rings. The van der Waals surface area contributed by atoms with Gasteiger partial charge in [0.05, 0.1) is 0 Å². The van der Waals surface area contributed by atoms with Crippen molar-refractivity contribution in [3.05, 3.63) is 114 Å². The Hall–Kier alpha value is -1.29. The topological polar surface area (TPSA) is 0 Å². The van der Waals surface area contributed by atoms with Crippen LogP contribution in [0.3, 0.4) is 0 Å². The third-order valence-electron chi connectivity index (χ3n) is 3.61. The predicted molar refractivity (Wildman–Crippen MR) is 103 cm³/mol. The quantitative estimate of drug-likeness (QED) is 0.306. The molecule has 3 aromatic carbocycles. The van der Waals surface area contributed by atoms with Crippen molar-refractivity contribution in [2.75, 3.05) is 0 Å². The monoisotopic (exact) mass is 551 g/mol. The van der Waals surface area contributed by atoms with Gasteiger partial charge in [-0.05, 0) is 6.42 Å². The van der Waals surface area contributed by atoms with Crippen LogP contribution in [0.4, 0.5) is 0 Å². The van der Waals surface area contributed by atoms with Crippen molar-refractivity contribution in [2.45, 2.75) is 33.1 Å². The number of hydrogen-bond donors (Lipinski definition) is 0. The molecule has 125 valence electrons. The molecule has 3 aromatic rings. The van der Waals surface area contributed by atoms with Gasteiger partial charge in [0.15, 0.2) is 0 Å². The Labute approximate surface area is 177 Å². The zero-order valence-corrected chi connectivity index (χ0v) is 19.3. The third kappa shape index (κ3) is 8.09. The summed E-state index contributed by atoms with van der Waals surface area (Å²) in [6.45, 7) is 4.00. The first-order valence-electron chi connectivity index (χ1n) is 8.72. The van der Waals surface area contributed by atoms with E-state index >= 15 is 0 Å². The molecule has 1 aliphatic rings. The van der Waals surface area contributed by atoms with Gasteiger partial charge in [-0.2, -0.15) is 83.6 Å². The number of hydrogen-bond acceptors (Lipinski definition) is 0. The Morgan fingerprint density at radius 2 is 0.960 bits per heavy atom. The molecule has 0 saturated carbocycles. The van der Waals surface area contributed by atoms with Crippen molar-refractivity contribution in [3.8, 4) is 0 Å². The molecule has 1 heteroatoms. The molecule has 0 amide bonds. The summed E-state index contributed by atoms with van der Waals surface area (Å²) in [6, 6.07) is 31.8. The smallest absolute Gasteiger partial charge is 0.324 e. The maximum atomic E-state index is 3.47. The van der Waals surface area contributed by atoms with Crippen LogP contribution in [0.15, 0.2) is 72.8 Å². The van der Waals surface area contributed by atoms with Crippen LogP contribution in [0.5, 0.6) is 0 Å². The van der Waals surface area contributed by atoms with E-state index in [1.165, 1.54) is 22.3 Å². The second-order valence-corrected chi connectivity index (χ2v) is 5.43. The van der Waals surface area contributed by atoms with Crippen LogP contribution in [-0.4, -0.2) is 0 Å². The first kappa shape index (κ1) is 21.8. The van der Waals surface area contributed by atoms with Crippen molar-refractivity contribution >= 4 is 0 Å². The van der Waals surface area contributed by atoms with Gasteiger partial charge in [0.2, 0.25) is 0 Å². The molecule has 1 aliphatic carbocycles. The predicted octanol–water partition coefficient (Wildman–Crippen LogP) is 5.89. The fourth-order valence-electron chi connectivity index (χ4n) is 2.56. The summed E-state index contributed by atoms with van der Waals surface area (Å²) in [6.07, 6.45) is 5.26. The van der Waals surface area contributed by atoms with Crippen LogP contribution in [0, 0.1) is 49.7 Å². The molecule has 25 heavy (non-hydrogen) atoms. The minimum Gasteiger partial charge on any atom is -0.324 e. The molecule has 4 rings (SSSR count). The van der Waals surface area contributed by atoms with Crippen LogP contribution in [0.1, 0.15) is 36.1 Å². The second kappa shape index (κ2) is 13.0. The van der Waals surface area contributed by atoms with Crippen molar-refractivity contribution in [3.63, 3.8) is 0 Å². The summed E-state index contributed by atoms with van der Waals surface area (Å²) in [5, 5.41) is 0. The zero-order valence-electron chi connectivity index (χ0n) is 15.1. The number of rotatable bonds is 0. The molecule has 1 radical (unpaired) electrons. The maximum Gasteiger partial charge on any atom is 3.00 e. The fraction of sp³-hybridized carbons (Fsp3) is 0.208. The van der Waals surface area contributed by atoms with Crippen molar-refractivity contribution in [1.82, 2.24) is 0 Å². The van der Waals surface area contributed by atoms with Gasteiger partial charge in [-0.3, -0.25) is 0 Å². The summed E-state index contributed by atoms with van der Waals surface area (Å²) < 4.78 is 0. The molecule has 0 saturated heterocycles. The van der Waals surface area contributed by atoms with Gasteiger partial charge in [0.25, 0.3) is 0 Å². The van der Waals surface area contributed by atoms with E-state index in [1.807, 2.05) is 50.2 Å². The van der Waals surface area contributed by atoms with Gasteiger partial charge in [-0.15, -0.1) is 0 Å². The van der Waals surface area contributed by atoms with E-state index in [4.69, 9.17) is 0 Å². The molecular weight excluding hydrogens is 526 g/mol. The Morgan fingerprint density at radius 1 is 0.600 bits per heavy atom. The van der Waals surface area contributed by atoms with Gasteiger partial charge >= 0.3 is 31.1 Å². The summed E-state index contributed by atoms with van der Waals surface area (Å²) in [4.78, 5) is 0. The molecule has 0 nitrogen and oxygen atoms in total. The summed E-state index contributed by atoms with van der Waals surface area (Å²) in [5.41, 5.74) is 5.12. The fourth-order valence-corrected chi connectivity index (χ4v) is 2.56. The Balaban J connectivity index is 0.000000295. The zero-order chi connectivity index (χ0) is 17.0. The van der Waals surface area contributed by atoms with Crippen molar-refractivity contribution in [1.29, 1.82) is 0 Å². The Bertz CT molecular complexity index is 632. The molecule has 0 aromatic heterocycles. The summed E-state index contributed by atoms with van der Waals surface area (Å²) in [5.74, 6) is 0. The van der Waals surface area contributed by atoms with E-state index in [0.29, 0.717) is 0 Å². The van der Waals surface area contributed by atoms with E-state index in [0.717, 1.165) is 19.3 Å². The first-order valence-corrected chi connectivity index (χ1v) is 8.72. The van der Waals surface area contributed by atoms with Gasteiger partial charge in [0, 0.05) is 0 Å². The molecule has 0 heterocycles. The molecule has 0 atom stereocenters. The van der Waals surface area contributed by atoms with E-state index < -0.39 is 0 Å². The normalized spacial score (nSPS) is 11.4. The van der Waals surface area contributed by atoms with E-state index in [1.54, 1.807) is 0 Å². The number of fused-ring (bicyclic) bond motifs is 4. The van der Waals surface area contributed by atoms with Gasteiger partial charge in [-0.25, -0.2) is 0 Å². The van der Waals surface area contributed by atoms with Crippen LogP contribution >= 0.6 is 0 Å². The van der Waals surface area contributed by atoms with Crippen LogP contribution in [0.25, 0.3) is 0 Å². The molecule has 4 bridgehead atoms. The minimum atomic E-state index is 0. The van der Waals surface area contributed by atoms with Crippen molar-refractivity contribution in [2.24, 2.45) is 0 Å². The van der Waals surface area contributed by atoms with E-state index in [-0.39, 0.29) is 31.1 Å². The van der Waals surface area contributed by atoms with Gasteiger partial charge < -0.3 is 6.42 Å². The molecular formula is C24H25U. The Morgan fingerprint density at radius 3 is 1.36 bits per heavy atom. The van der Waals surface area contributed by atoms with Crippen LogP contribution in [0.2, 0.25) is 0 Å². The van der Waals surface area contributed by atoms with Crippen LogP contribution in [-0.2, 0) is 19.3 Å². The average Bonchev–Trinajstić information content (AvgIpc) is 2.66. The number of benzene rings is 3. The SMILES string of the molecule is CC.[U+3].[c-]1c2cccc1Cc1[c-]c(ccc1)C[CH-]C2.c1ccccc1. The molecule has 0 unspecified atom stereocenters. The molecule has 0 spiro atoms. The summed E-state index contributed by atoms with van der Waals surface area (Å²) in [7, 11) is 0. The molecule has 0 aliphatic heterocycles. The third-order valence-corrected chi connectivity index (χ3v) is 3.61. The van der Waals surface area contributed by atoms with Crippen LogP contribution < -0.4 is 0 Å². The van der Waals surface area contributed by atoms with E-state index in [2.05, 4.69) is 55.0 Å². The van der Waals surface area contributed by atoms with E-state index in [9.17, 15) is 0 Å². The van der Waals surface area contributed by atoms with Gasteiger partial charge in [0.1, 0.15) is 0 Å². The largest absolute Gasteiger partial charge is 3.00 e. The summed E-state index contributed by atoms with van der Waals surface area (Å²) >= 11 is 0. The van der Waals surface area contributed by atoms with Gasteiger partial charge in [-0.1, -0.05) is 50.2 Å². The standard InChI is InChI=1S/C16H13.C6H6.C2H6.U/c1-4-13-6-2-8-15(10-13)12-16-9-3-7-14(5-1)11-16;1-2-4-6-5-3-1;1-2;/h1-3,6-9H,4-5,12H2;1-6H;1-2H3;/q-3;;;+3. The molecule has 0 N–H and O–H groups in total. The second-order valence-electron chi connectivity index (χ2n) is 5.43.